The molecule has 5 heteroatoms. The molecule has 2 heterocycles. The highest BCUT2D eigenvalue weighted by Gasteiger charge is 2.13. The van der Waals surface area contributed by atoms with Gasteiger partial charge in [-0.05, 0) is 18.7 Å². The molecule has 0 aromatic carbocycles. The normalized spacial score (nSPS) is 14.4. The average Bonchev–Trinajstić information content (AvgIpc) is 2.44. The minimum atomic E-state index is 0.324. The number of rotatable bonds is 6. The second kappa shape index (κ2) is 6.80. The molecule has 0 saturated heterocycles. The first kappa shape index (κ1) is 13.4. The Morgan fingerprint density at radius 2 is 2.42 bits per heavy atom. The maximum atomic E-state index is 9.57. The van der Waals surface area contributed by atoms with Crippen LogP contribution in [-0.4, -0.2) is 36.3 Å². The zero-order valence-corrected chi connectivity index (χ0v) is 11.0. The van der Waals surface area contributed by atoms with Gasteiger partial charge in [0, 0.05) is 25.0 Å². The van der Waals surface area contributed by atoms with Crippen LogP contribution in [0.15, 0.2) is 42.6 Å². The number of nitrogens with one attached hydrogen (secondary N) is 1. The van der Waals surface area contributed by atoms with Crippen molar-refractivity contribution in [1.82, 2.24) is 10.3 Å². The van der Waals surface area contributed by atoms with Crippen molar-refractivity contribution in [3.8, 4) is 5.75 Å². The minimum Gasteiger partial charge on any atom is -0.510 e. The Balaban J connectivity index is 2.04. The molecule has 0 bridgehead atoms. The Hall–Kier alpha value is -2.01. The SMILES string of the molecule is CCNCCOc1ccncc1N1C=CC=C(O)C1. The van der Waals surface area contributed by atoms with Gasteiger partial charge < -0.3 is 20.1 Å². The lowest BCUT2D eigenvalue weighted by molar-refractivity contribution is 0.315. The van der Waals surface area contributed by atoms with Crippen LogP contribution in [0.2, 0.25) is 0 Å². The fraction of sp³-hybridized carbons (Fsp3) is 0.357. The second-order valence-electron chi connectivity index (χ2n) is 4.17. The number of allylic oxidation sites excluding steroid dienone is 2. The van der Waals surface area contributed by atoms with E-state index in [2.05, 4.69) is 17.2 Å². The molecule has 0 spiro atoms. The van der Waals surface area contributed by atoms with E-state index in [9.17, 15) is 5.11 Å². The zero-order chi connectivity index (χ0) is 13.5. The number of hydrogen-bond acceptors (Lipinski definition) is 5. The zero-order valence-electron chi connectivity index (χ0n) is 11.0. The molecule has 0 amide bonds. The average molecular weight is 261 g/mol. The summed E-state index contributed by atoms with van der Waals surface area (Å²) in [5.74, 6) is 1.09. The van der Waals surface area contributed by atoms with E-state index in [-0.39, 0.29) is 0 Å². The van der Waals surface area contributed by atoms with Crippen LogP contribution in [0, 0.1) is 0 Å². The van der Waals surface area contributed by atoms with Crippen LogP contribution >= 0.6 is 0 Å². The number of likely N-dealkylation sites (N-methyl/N-ethyl adjacent to an activating group) is 1. The molecule has 0 unspecified atom stereocenters. The fourth-order valence-corrected chi connectivity index (χ4v) is 1.82. The second-order valence-corrected chi connectivity index (χ2v) is 4.17. The van der Waals surface area contributed by atoms with Gasteiger partial charge in [0.2, 0.25) is 0 Å². The largest absolute Gasteiger partial charge is 0.510 e. The first-order valence-electron chi connectivity index (χ1n) is 6.41. The smallest absolute Gasteiger partial charge is 0.146 e. The summed E-state index contributed by atoms with van der Waals surface area (Å²) in [5.41, 5.74) is 0.856. The van der Waals surface area contributed by atoms with E-state index in [4.69, 9.17) is 4.74 Å². The molecular formula is C14H19N3O2. The molecule has 1 aromatic heterocycles. The molecule has 2 N–H and O–H groups in total. The molecule has 2 rings (SSSR count). The molecule has 1 aliphatic heterocycles. The highest BCUT2D eigenvalue weighted by atomic mass is 16.5. The number of hydrogen-bond donors (Lipinski definition) is 2. The van der Waals surface area contributed by atoms with Crippen molar-refractivity contribution in [3.63, 3.8) is 0 Å². The standard InChI is InChI=1S/C14H19N3O2/c1-2-15-7-9-19-14-5-6-16-10-13(14)17-8-3-4-12(18)11-17/h3-6,8,10,15,18H,2,7,9,11H2,1H3. The molecular weight excluding hydrogens is 242 g/mol. The molecule has 102 valence electrons. The highest BCUT2D eigenvalue weighted by molar-refractivity contribution is 5.60. The summed E-state index contributed by atoms with van der Waals surface area (Å²) in [5, 5.41) is 12.8. The predicted molar refractivity (Wildman–Crippen MR) is 75.5 cm³/mol. The van der Waals surface area contributed by atoms with E-state index < -0.39 is 0 Å². The van der Waals surface area contributed by atoms with Gasteiger partial charge in [0.15, 0.2) is 0 Å². The Kier molecular flexibility index (Phi) is 4.80. The molecule has 0 aliphatic carbocycles. The van der Waals surface area contributed by atoms with Gasteiger partial charge in [0.25, 0.3) is 0 Å². The van der Waals surface area contributed by atoms with Crippen molar-refractivity contribution in [2.75, 3.05) is 31.1 Å². The molecule has 0 radical (unpaired) electrons. The first-order chi connectivity index (χ1) is 9.31. The summed E-state index contributed by atoms with van der Waals surface area (Å²) >= 11 is 0. The Morgan fingerprint density at radius 1 is 1.53 bits per heavy atom. The number of aromatic nitrogens is 1. The summed E-state index contributed by atoms with van der Waals surface area (Å²) in [6.07, 6.45) is 8.82. The summed E-state index contributed by atoms with van der Waals surface area (Å²) < 4.78 is 5.75. The van der Waals surface area contributed by atoms with Gasteiger partial charge in [0.1, 0.15) is 23.8 Å². The Morgan fingerprint density at radius 3 is 3.21 bits per heavy atom. The van der Waals surface area contributed by atoms with Crippen LogP contribution in [0.5, 0.6) is 5.75 Å². The van der Waals surface area contributed by atoms with Crippen LogP contribution in [0.4, 0.5) is 5.69 Å². The van der Waals surface area contributed by atoms with Crippen molar-refractivity contribution < 1.29 is 9.84 Å². The molecule has 1 aliphatic rings. The van der Waals surface area contributed by atoms with E-state index >= 15 is 0 Å². The minimum absolute atomic E-state index is 0.324. The third-order valence-electron chi connectivity index (χ3n) is 2.74. The number of anilines is 1. The van der Waals surface area contributed by atoms with Gasteiger partial charge in [-0.3, -0.25) is 4.98 Å². The van der Waals surface area contributed by atoms with E-state index in [1.54, 1.807) is 24.5 Å². The van der Waals surface area contributed by atoms with Crippen molar-refractivity contribution in [3.05, 3.63) is 42.6 Å². The van der Waals surface area contributed by atoms with Gasteiger partial charge in [-0.15, -0.1) is 0 Å². The van der Waals surface area contributed by atoms with Gasteiger partial charge >= 0.3 is 0 Å². The molecule has 0 atom stereocenters. The lowest BCUT2D eigenvalue weighted by atomic mass is 10.2. The van der Waals surface area contributed by atoms with Crippen molar-refractivity contribution in [2.24, 2.45) is 0 Å². The van der Waals surface area contributed by atoms with Crippen molar-refractivity contribution >= 4 is 5.69 Å². The van der Waals surface area contributed by atoms with Crippen LogP contribution in [0.1, 0.15) is 6.92 Å². The Bertz CT molecular complexity index is 472. The molecule has 19 heavy (non-hydrogen) atoms. The van der Waals surface area contributed by atoms with Crippen LogP contribution in [-0.2, 0) is 0 Å². The van der Waals surface area contributed by atoms with E-state index in [0.29, 0.717) is 18.9 Å². The summed E-state index contributed by atoms with van der Waals surface area (Å²) in [4.78, 5) is 6.03. The highest BCUT2D eigenvalue weighted by Crippen LogP contribution is 2.28. The van der Waals surface area contributed by atoms with Gasteiger partial charge in [-0.1, -0.05) is 6.92 Å². The number of aliphatic hydroxyl groups excluding tert-OH is 1. The first-order valence-corrected chi connectivity index (χ1v) is 6.41. The molecule has 1 aromatic rings. The third-order valence-corrected chi connectivity index (χ3v) is 2.74. The maximum absolute atomic E-state index is 9.57. The molecule has 5 nitrogen and oxygen atoms in total. The molecule has 0 fully saturated rings. The van der Waals surface area contributed by atoms with E-state index in [0.717, 1.165) is 24.5 Å². The van der Waals surface area contributed by atoms with E-state index in [1.165, 1.54) is 0 Å². The number of aliphatic hydroxyl groups is 1. The van der Waals surface area contributed by atoms with Gasteiger partial charge in [-0.2, -0.15) is 0 Å². The predicted octanol–water partition coefficient (Wildman–Crippen LogP) is 1.85. The van der Waals surface area contributed by atoms with E-state index in [1.807, 2.05) is 17.2 Å². The monoisotopic (exact) mass is 261 g/mol. The van der Waals surface area contributed by atoms with Crippen molar-refractivity contribution in [2.45, 2.75) is 6.92 Å². The van der Waals surface area contributed by atoms with Crippen molar-refractivity contribution in [1.29, 1.82) is 0 Å². The number of pyridine rings is 1. The van der Waals surface area contributed by atoms with Crippen LogP contribution in [0.25, 0.3) is 0 Å². The third kappa shape index (κ3) is 3.72. The lowest BCUT2D eigenvalue weighted by Gasteiger charge is -2.24. The summed E-state index contributed by atoms with van der Waals surface area (Å²) in [7, 11) is 0. The quantitative estimate of drug-likeness (QED) is 0.765. The van der Waals surface area contributed by atoms with Crippen LogP contribution < -0.4 is 15.0 Å². The fourth-order valence-electron chi connectivity index (χ4n) is 1.82. The summed E-state index contributed by atoms with van der Waals surface area (Å²) in [6, 6.07) is 1.84. The maximum Gasteiger partial charge on any atom is 0.146 e. The van der Waals surface area contributed by atoms with Gasteiger partial charge in [-0.25, -0.2) is 0 Å². The lowest BCUT2D eigenvalue weighted by Crippen LogP contribution is -2.23. The number of nitrogens with zero attached hydrogens (tertiary/aromatic N) is 2. The van der Waals surface area contributed by atoms with Gasteiger partial charge in [0.05, 0.1) is 12.7 Å². The van der Waals surface area contributed by atoms with Crippen LogP contribution in [0.3, 0.4) is 0 Å². The molecule has 0 saturated carbocycles. The summed E-state index contributed by atoms with van der Waals surface area (Å²) in [6.45, 7) is 4.83. The number of ether oxygens (including phenoxy) is 1. The Labute approximate surface area is 113 Å². The topological polar surface area (TPSA) is 57.6 Å².